The summed E-state index contributed by atoms with van der Waals surface area (Å²) in [5.74, 6) is 0. The summed E-state index contributed by atoms with van der Waals surface area (Å²) in [4.78, 5) is 4.90. The molecule has 2 N–H and O–H groups in total. The Morgan fingerprint density at radius 3 is 2.88 bits per heavy atom. The van der Waals surface area contributed by atoms with Gasteiger partial charge in [0.05, 0.1) is 0 Å². The zero-order chi connectivity index (χ0) is 12.3. The molecular weight excluding hydrogens is 278 g/mol. The molecule has 4 heteroatoms. The average Bonchev–Trinajstić information content (AvgIpc) is 2.49. The first kappa shape index (κ1) is 12.9. The Hall–Kier alpha value is -0.580. The fourth-order valence-corrected chi connectivity index (χ4v) is 2.59. The quantitative estimate of drug-likeness (QED) is 0.849. The third-order valence-corrected chi connectivity index (χ3v) is 4.05. The Balaban J connectivity index is 2.02. The molecule has 94 valence electrons. The predicted octanol–water partition coefficient (Wildman–Crippen LogP) is 2.17. The van der Waals surface area contributed by atoms with E-state index in [1.165, 1.54) is 25.1 Å². The summed E-state index contributed by atoms with van der Waals surface area (Å²) in [6, 6.07) is 6.04. The van der Waals surface area contributed by atoms with E-state index in [1.807, 2.05) is 12.1 Å². The smallest absolute Gasteiger partial charge is 0.0318 e. The van der Waals surface area contributed by atoms with Crippen molar-refractivity contribution in [3.63, 3.8) is 0 Å². The molecule has 2 rings (SSSR count). The van der Waals surface area contributed by atoms with Crippen molar-refractivity contribution in [2.75, 3.05) is 39.0 Å². The van der Waals surface area contributed by atoms with Crippen molar-refractivity contribution < 1.29 is 0 Å². The van der Waals surface area contributed by atoms with Crippen LogP contribution in [0.1, 0.15) is 12.0 Å². The van der Waals surface area contributed by atoms with E-state index in [0.29, 0.717) is 0 Å². The Morgan fingerprint density at radius 2 is 2.06 bits per heavy atom. The first-order valence-corrected chi connectivity index (χ1v) is 6.89. The second-order valence-corrected chi connectivity index (χ2v) is 5.64. The summed E-state index contributed by atoms with van der Waals surface area (Å²) in [5.41, 5.74) is 7.97. The minimum Gasteiger partial charge on any atom is -0.399 e. The summed E-state index contributed by atoms with van der Waals surface area (Å²) >= 11 is 3.60. The zero-order valence-electron chi connectivity index (χ0n) is 10.3. The van der Waals surface area contributed by atoms with Crippen LogP contribution in [-0.2, 0) is 6.54 Å². The highest BCUT2D eigenvalue weighted by Crippen LogP contribution is 2.21. The molecule has 3 nitrogen and oxygen atoms in total. The van der Waals surface area contributed by atoms with Crippen molar-refractivity contribution in [3.8, 4) is 0 Å². The highest BCUT2D eigenvalue weighted by atomic mass is 79.9. The van der Waals surface area contributed by atoms with Gasteiger partial charge in [0, 0.05) is 29.8 Å². The van der Waals surface area contributed by atoms with E-state index in [0.717, 1.165) is 29.8 Å². The van der Waals surface area contributed by atoms with Crippen LogP contribution in [0.3, 0.4) is 0 Å². The molecule has 0 radical (unpaired) electrons. The molecule has 0 aliphatic carbocycles. The second-order valence-electron chi connectivity index (χ2n) is 4.78. The topological polar surface area (TPSA) is 32.5 Å². The standard InChI is InChI=1S/C13H20BrN3/c1-16-5-2-6-17(8-7-16)10-11-9-12(15)3-4-13(11)14/h3-4,9H,2,5-8,10,15H2,1H3. The van der Waals surface area contributed by atoms with Crippen LogP contribution in [0.5, 0.6) is 0 Å². The van der Waals surface area contributed by atoms with Crippen LogP contribution >= 0.6 is 15.9 Å². The molecule has 1 aliphatic heterocycles. The molecule has 1 aliphatic rings. The number of halogens is 1. The molecular formula is C13H20BrN3. The fraction of sp³-hybridized carbons (Fsp3) is 0.538. The Labute approximate surface area is 112 Å². The van der Waals surface area contributed by atoms with Crippen molar-refractivity contribution in [2.24, 2.45) is 0 Å². The minimum absolute atomic E-state index is 0.843. The average molecular weight is 298 g/mol. The lowest BCUT2D eigenvalue weighted by molar-refractivity contribution is 0.269. The molecule has 1 heterocycles. The third-order valence-electron chi connectivity index (χ3n) is 3.28. The highest BCUT2D eigenvalue weighted by molar-refractivity contribution is 9.10. The Bertz CT molecular complexity index is 381. The first-order valence-electron chi connectivity index (χ1n) is 6.10. The van der Waals surface area contributed by atoms with Crippen molar-refractivity contribution >= 4 is 21.6 Å². The molecule has 0 saturated carbocycles. The van der Waals surface area contributed by atoms with Crippen molar-refractivity contribution in [2.45, 2.75) is 13.0 Å². The van der Waals surface area contributed by atoms with Gasteiger partial charge in [-0.25, -0.2) is 0 Å². The summed E-state index contributed by atoms with van der Waals surface area (Å²) in [6.45, 7) is 5.65. The molecule has 0 amide bonds. The number of hydrogen-bond acceptors (Lipinski definition) is 3. The van der Waals surface area contributed by atoms with Gasteiger partial charge in [0.25, 0.3) is 0 Å². The molecule has 0 spiro atoms. The molecule has 0 aromatic heterocycles. The number of anilines is 1. The van der Waals surface area contributed by atoms with Gasteiger partial charge in [-0.05, 0) is 50.3 Å². The minimum atomic E-state index is 0.843. The number of rotatable bonds is 2. The maximum atomic E-state index is 5.84. The van der Waals surface area contributed by atoms with E-state index in [-0.39, 0.29) is 0 Å². The normalized spacial score (nSPS) is 19.2. The van der Waals surface area contributed by atoms with E-state index in [9.17, 15) is 0 Å². The number of nitrogens with two attached hydrogens (primary N) is 1. The molecule has 1 aromatic carbocycles. The number of nitrogens with zero attached hydrogens (tertiary/aromatic N) is 2. The molecule has 1 aromatic rings. The van der Waals surface area contributed by atoms with Crippen LogP contribution in [0.2, 0.25) is 0 Å². The van der Waals surface area contributed by atoms with Crippen LogP contribution in [0.4, 0.5) is 5.69 Å². The molecule has 1 fully saturated rings. The van der Waals surface area contributed by atoms with Gasteiger partial charge in [0.15, 0.2) is 0 Å². The van der Waals surface area contributed by atoms with Gasteiger partial charge in [0.2, 0.25) is 0 Å². The molecule has 1 saturated heterocycles. The van der Waals surface area contributed by atoms with E-state index < -0.39 is 0 Å². The van der Waals surface area contributed by atoms with Crippen molar-refractivity contribution in [3.05, 3.63) is 28.2 Å². The van der Waals surface area contributed by atoms with E-state index in [2.05, 4.69) is 38.8 Å². The highest BCUT2D eigenvalue weighted by Gasteiger charge is 2.13. The summed E-state index contributed by atoms with van der Waals surface area (Å²) in [5, 5.41) is 0. The summed E-state index contributed by atoms with van der Waals surface area (Å²) < 4.78 is 1.16. The van der Waals surface area contributed by atoms with E-state index in [4.69, 9.17) is 5.73 Å². The van der Waals surface area contributed by atoms with Gasteiger partial charge in [-0.15, -0.1) is 0 Å². The maximum absolute atomic E-state index is 5.84. The van der Waals surface area contributed by atoms with Gasteiger partial charge in [0.1, 0.15) is 0 Å². The number of benzene rings is 1. The van der Waals surface area contributed by atoms with Crippen LogP contribution in [0, 0.1) is 0 Å². The van der Waals surface area contributed by atoms with Gasteiger partial charge in [-0.2, -0.15) is 0 Å². The molecule has 0 atom stereocenters. The number of hydrogen-bond donors (Lipinski definition) is 1. The van der Waals surface area contributed by atoms with Gasteiger partial charge in [-0.3, -0.25) is 4.90 Å². The summed E-state index contributed by atoms with van der Waals surface area (Å²) in [6.07, 6.45) is 1.25. The van der Waals surface area contributed by atoms with Gasteiger partial charge < -0.3 is 10.6 Å². The lowest BCUT2D eigenvalue weighted by Gasteiger charge is -2.21. The fourth-order valence-electron chi connectivity index (χ4n) is 2.21. The van der Waals surface area contributed by atoms with Crippen LogP contribution < -0.4 is 5.73 Å². The Morgan fingerprint density at radius 1 is 1.24 bits per heavy atom. The zero-order valence-corrected chi connectivity index (χ0v) is 11.9. The SMILES string of the molecule is CN1CCCN(Cc2cc(N)ccc2Br)CC1. The second kappa shape index (κ2) is 5.85. The molecule has 17 heavy (non-hydrogen) atoms. The van der Waals surface area contributed by atoms with Gasteiger partial charge in [-0.1, -0.05) is 15.9 Å². The van der Waals surface area contributed by atoms with Crippen molar-refractivity contribution in [1.29, 1.82) is 0 Å². The monoisotopic (exact) mass is 297 g/mol. The van der Waals surface area contributed by atoms with Crippen LogP contribution in [0.15, 0.2) is 22.7 Å². The van der Waals surface area contributed by atoms with E-state index in [1.54, 1.807) is 0 Å². The van der Waals surface area contributed by atoms with E-state index >= 15 is 0 Å². The molecule has 0 unspecified atom stereocenters. The van der Waals surface area contributed by atoms with Crippen molar-refractivity contribution in [1.82, 2.24) is 9.80 Å². The van der Waals surface area contributed by atoms with Gasteiger partial charge >= 0.3 is 0 Å². The third kappa shape index (κ3) is 3.69. The largest absolute Gasteiger partial charge is 0.399 e. The first-order chi connectivity index (χ1) is 8.15. The van der Waals surface area contributed by atoms with Crippen LogP contribution in [-0.4, -0.2) is 43.0 Å². The Kier molecular flexibility index (Phi) is 4.42. The summed E-state index contributed by atoms with van der Waals surface area (Å²) in [7, 11) is 2.19. The number of nitrogen functional groups attached to an aromatic ring is 1. The van der Waals surface area contributed by atoms with Crippen LogP contribution in [0.25, 0.3) is 0 Å². The lowest BCUT2D eigenvalue weighted by atomic mass is 10.2. The maximum Gasteiger partial charge on any atom is 0.0318 e. The number of likely N-dealkylation sites (N-methyl/N-ethyl adjacent to an activating group) is 1. The lowest BCUT2D eigenvalue weighted by Crippen LogP contribution is -2.28. The molecule has 0 bridgehead atoms. The predicted molar refractivity (Wildman–Crippen MR) is 75.9 cm³/mol.